The van der Waals surface area contributed by atoms with E-state index in [-0.39, 0.29) is 0 Å². The van der Waals surface area contributed by atoms with Crippen molar-refractivity contribution in [2.45, 2.75) is 33.4 Å². The van der Waals surface area contributed by atoms with Crippen molar-refractivity contribution in [3.8, 4) is 0 Å². The Morgan fingerprint density at radius 2 is 1.88 bits per heavy atom. The van der Waals surface area contributed by atoms with Crippen LogP contribution in [0.3, 0.4) is 0 Å². The van der Waals surface area contributed by atoms with E-state index in [9.17, 15) is 0 Å². The van der Waals surface area contributed by atoms with E-state index in [0.29, 0.717) is 6.17 Å². The topological polar surface area (TPSA) is 15.3 Å². The molecule has 1 saturated heterocycles. The monoisotopic (exact) mass is 398 g/mol. The van der Waals surface area contributed by atoms with Crippen LogP contribution in [0.2, 0.25) is 0 Å². The molecule has 0 aliphatic carbocycles. The van der Waals surface area contributed by atoms with Gasteiger partial charge in [0.1, 0.15) is 0 Å². The average Bonchev–Trinajstić information content (AvgIpc) is 2.19. The van der Waals surface area contributed by atoms with Crippen LogP contribution >= 0.6 is 0 Å². The number of aryl methyl sites for hydroxylation is 3. The van der Waals surface area contributed by atoms with E-state index in [0.717, 1.165) is 6.54 Å². The molecule has 3 heteroatoms. The van der Waals surface area contributed by atoms with Crippen LogP contribution in [-0.4, -0.2) is 16.5 Å². The SMILES string of the molecule is Cc1cc(C)c(C2NCCC[N]2[Pt])c(C)c1. The molecule has 1 aromatic rings. The molecule has 1 N–H and O–H groups in total. The van der Waals surface area contributed by atoms with Gasteiger partial charge in [-0.3, -0.25) is 0 Å². The minimum absolute atomic E-state index is 0.385. The van der Waals surface area contributed by atoms with E-state index in [2.05, 4.69) is 61.7 Å². The number of hydrogen-bond donors (Lipinski definition) is 1. The second-order valence-electron chi connectivity index (χ2n) is 4.61. The first-order chi connectivity index (χ1) is 7.59. The summed E-state index contributed by atoms with van der Waals surface area (Å²) in [5.41, 5.74) is 5.62. The van der Waals surface area contributed by atoms with Gasteiger partial charge in [-0.05, 0) is 0 Å². The Morgan fingerprint density at radius 3 is 2.44 bits per heavy atom. The summed E-state index contributed by atoms with van der Waals surface area (Å²) >= 11 is 2.42. The molecular formula is C13H19N2Pt. The molecule has 0 amide bonds. The second kappa shape index (κ2) is 4.99. The van der Waals surface area contributed by atoms with Gasteiger partial charge in [-0.25, -0.2) is 0 Å². The maximum atomic E-state index is 3.61. The fourth-order valence-corrected chi connectivity index (χ4v) is 3.40. The van der Waals surface area contributed by atoms with E-state index in [1.54, 1.807) is 0 Å². The van der Waals surface area contributed by atoms with Crippen molar-refractivity contribution in [3.05, 3.63) is 34.4 Å². The molecule has 91 valence electrons. The Balaban J connectivity index is 2.38. The molecule has 1 heterocycles. The molecule has 1 unspecified atom stereocenters. The predicted octanol–water partition coefficient (Wildman–Crippen LogP) is 2.37. The number of nitrogens with zero attached hydrogens (tertiary/aromatic N) is 1. The number of hydrogen-bond acceptors (Lipinski definition) is 2. The Bertz CT molecular complexity index is 367. The first-order valence-electron chi connectivity index (χ1n) is 5.80. The summed E-state index contributed by atoms with van der Waals surface area (Å²) in [5.74, 6) is 0. The molecule has 0 aromatic heterocycles. The zero-order chi connectivity index (χ0) is 11.7. The molecule has 2 rings (SSSR count). The predicted molar refractivity (Wildman–Crippen MR) is 62.7 cm³/mol. The Labute approximate surface area is 110 Å². The Kier molecular flexibility index (Phi) is 3.84. The van der Waals surface area contributed by atoms with Crippen LogP contribution in [0.1, 0.15) is 34.8 Å². The van der Waals surface area contributed by atoms with Crippen LogP contribution in [0.25, 0.3) is 0 Å². The van der Waals surface area contributed by atoms with E-state index < -0.39 is 0 Å². The van der Waals surface area contributed by atoms with E-state index in [4.69, 9.17) is 0 Å². The van der Waals surface area contributed by atoms with Gasteiger partial charge in [0.25, 0.3) is 0 Å². The fraction of sp³-hybridized carbons (Fsp3) is 0.538. The standard InChI is InChI=1S/C13H19N2.Pt/c1-9-7-10(2)12(11(3)8-9)13-14-5-4-6-15-13;/h7-8,13-14H,4-6H2,1-3H3;/q-1;+1. The Hall–Kier alpha value is -0.172. The van der Waals surface area contributed by atoms with Crippen molar-refractivity contribution in [2.75, 3.05) is 13.1 Å². The third kappa shape index (κ3) is 2.39. The van der Waals surface area contributed by atoms with Gasteiger partial charge >= 0.3 is 110 Å². The zero-order valence-corrected chi connectivity index (χ0v) is 12.4. The summed E-state index contributed by atoms with van der Waals surface area (Å²) < 4.78 is 2.38. The van der Waals surface area contributed by atoms with Gasteiger partial charge in [-0.15, -0.1) is 0 Å². The van der Waals surface area contributed by atoms with Gasteiger partial charge < -0.3 is 0 Å². The average molecular weight is 398 g/mol. The molecule has 1 aromatic carbocycles. The molecule has 0 radical (unpaired) electrons. The van der Waals surface area contributed by atoms with Crippen LogP contribution in [0.15, 0.2) is 12.1 Å². The van der Waals surface area contributed by atoms with Gasteiger partial charge in [0.05, 0.1) is 0 Å². The number of rotatable bonds is 1. The summed E-state index contributed by atoms with van der Waals surface area (Å²) in [4.78, 5) is 0. The summed E-state index contributed by atoms with van der Waals surface area (Å²) in [5, 5.41) is 3.61. The van der Waals surface area contributed by atoms with Crippen molar-refractivity contribution < 1.29 is 20.1 Å². The molecule has 1 atom stereocenters. The van der Waals surface area contributed by atoms with Gasteiger partial charge in [0, 0.05) is 0 Å². The first kappa shape index (κ1) is 12.3. The third-order valence-corrected chi connectivity index (χ3v) is 4.24. The molecule has 1 aliphatic heterocycles. The van der Waals surface area contributed by atoms with Crippen LogP contribution < -0.4 is 5.32 Å². The van der Waals surface area contributed by atoms with E-state index >= 15 is 0 Å². The molecule has 0 saturated carbocycles. The molecule has 16 heavy (non-hydrogen) atoms. The second-order valence-corrected chi connectivity index (χ2v) is 5.92. The van der Waals surface area contributed by atoms with Gasteiger partial charge in [-0.2, -0.15) is 0 Å². The van der Waals surface area contributed by atoms with Crippen molar-refractivity contribution in [1.29, 1.82) is 0 Å². The van der Waals surface area contributed by atoms with Gasteiger partial charge in [0.15, 0.2) is 0 Å². The number of benzene rings is 1. The van der Waals surface area contributed by atoms with Gasteiger partial charge in [0.2, 0.25) is 0 Å². The zero-order valence-electron chi connectivity index (χ0n) is 10.1. The quantitative estimate of drug-likeness (QED) is 0.782. The van der Waals surface area contributed by atoms with Crippen molar-refractivity contribution >= 4 is 0 Å². The first-order valence-corrected chi connectivity index (χ1v) is 6.82. The van der Waals surface area contributed by atoms with Crippen LogP contribution in [0.4, 0.5) is 0 Å². The summed E-state index contributed by atoms with van der Waals surface area (Å²) in [6.45, 7) is 8.90. The molecule has 0 spiro atoms. The third-order valence-electron chi connectivity index (χ3n) is 3.15. The van der Waals surface area contributed by atoms with Gasteiger partial charge in [-0.1, -0.05) is 0 Å². The van der Waals surface area contributed by atoms with Crippen molar-refractivity contribution in [3.63, 3.8) is 0 Å². The molecule has 1 fully saturated rings. The van der Waals surface area contributed by atoms with Crippen LogP contribution in [-0.2, 0) is 20.1 Å². The van der Waals surface area contributed by atoms with Crippen LogP contribution in [0, 0.1) is 20.8 Å². The maximum absolute atomic E-state index is 3.61. The van der Waals surface area contributed by atoms with E-state index in [1.807, 2.05) is 0 Å². The Morgan fingerprint density at radius 1 is 1.25 bits per heavy atom. The van der Waals surface area contributed by atoms with Crippen molar-refractivity contribution in [1.82, 2.24) is 8.78 Å². The number of nitrogens with one attached hydrogen (secondary N) is 1. The molecule has 1 aliphatic rings. The summed E-state index contributed by atoms with van der Waals surface area (Å²) in [6.07, 6.45) is 1.63. The van der Waals surface area contributed by atoms with E-state index in [1.165, 1.54) is 35.2 Å². The van der Waals surface area contributed by atoms with Crippen molar-refractivity contribution in [2.24, 2.45) is 0 Å². The summed E-state index contributed by atoms with van der Waals surface area (Å²) in [6, 6.07) is 4.56. The van der Waals surface area contributed by atoms with Crippen LogP contribution in [0.5, 0.6) is 0 Å². The minimum atomic E-state index is 0.385. The fourth-order valence-electron chi connectivity index (χ4n) is 2.54. The molecule has 0 bridgehead atoms. The molecular weight excluding hydrogens is 379 g/mol. The molecule has 2 nitrogen and oxygen atoms in total. The normalized spacial score (nSPS) is 22.4. The summed E-state index contributed by atoms with van der Waals surface area (Å²) in [7, 11) is 0.